The Morgan fingerprint density at radius 1 is 0.800 bits per heavy atom. The van der Waals surface area contributed by atoms with E-state index in [4.69, 9.17) is 49.0 Å². The Kier molecular flexibility index (Phi) is 27.9. The zero-order valence-corrected chi connectivity index (χ0v) is 30.2. The van der Waals surface area contributed by atoms with Gasteiger partial charge in [0.2, 0.25) is 0 Å². The van der Waals surface area contributed by atoms with Crippen molar-refractivity contribution in [3.8, 4) is 0 Å². The summed E-state index contributed by atoms with van der Waals surface area (Å²) in [5.74, 6) is 2.17. The first-order chi connectivity index (χ1) is 21.7. The van der Waals surface area contributed by atoms with Crippen LogP contribution in [0, 0.1) is 29.6 Å². The van der Waals surface area contributed by atoms with Gasteiger partial charge in [0.15, 0.2) is 6.29 Å². The molecule has 1 unspecified atom stereocenters. The van der Waals surface area contributed by atoms with E-state index in [9.17, 15) is 15.0 Å². The number of aldehydes is 1. The molecule has 1 saturated heterocycles. The van der Waals surface area contributed by atoms with Crippen LogP contribution < -0.4 is 0 Å². The zero-order chi connectivity index (χ0) is 34.0. The first-order valence-electron chi connectivity index (χ1n) is 16.6. The van der Waals surface area contributed by atoms with Gasteiger partial charge < -0.3 is 29.2 Å². The van der Waals surface area contributed by atoms with Gasteiger partial charge >= 0.3 is 0 Å². The van der Waals surface area contributed by atoms with E-state index in [1.165, 1.54) is 12.0 Å². The molecule has 0 saturated carbocycles. The van der Waals surface area contributed by atoms with Gasteiger partial charge in [-0.05, 0) is 50.5 Å². The lowest BCUT2D eigenvalue weighted by atomic mass is 9.87. The summed E-state index contributed by atoms with van der Waals surface area (Å²) < 4.78 is 16.7. The van der Waals surface area contributed by atoms with Crippen LogP contribution in [0.4, 0.5) is 0 Å². The van der Waals surface area contributed by atoms with Crippen molar-refractivity contribution in [3.05, 3.63) is 49.6 Å². The molecule has 0 bridgehead atoms. The Morgan fingerprint density at radius 3 is 1.84 bits per heavy atom. The van der Waals surface area contributed by atoms with Crippen molar-refractivity contribution in [2.75, 3.05) is 37.5 Å². The molecule has 0 aromatic heterocycles. The van der Waals surface area contributed by atoms with Gasteiger partial charge in [-0.3, -0.25) is 0 Å². The molecule has 2 rings (SSSR count). The minimum absolute atomic E-state index is 0.00807. The summed E-state index contributed by atoms with van der Waals surface area (Å²) in [5.41, 5.74) is 1.43. The van der Waals surface area contributed by atoms with Gasteiger partial charge in [-0.2, -0.15) is 0 Å². The molecule has 2 N–H and O–H groups in total. The number of hydrogen-bond donors (Lipinski definition) is 2. The maximum Gasteiger partial charge on any atom is 0.163 e. The van der Waals surface area contributed by atoms with Gasteiger partial charge in [0.05, 0.1) is 38.1 Å². The molecule has 0 aromatic carbocycles. The van der Waals surface area contributed by atoms with Gasteiger partial charge in [0, 0.05) is 47.2 Å². The molecule has 45 heavy (non-hydrogen) atoms. The number of hydrogen-bond acceptors (Lipinski definition) is 6. The predicted molar refractivity (Wildman–Crippen MR) is 190 cm³/mol. The first kappa shape index (κ1) is 44.3. The fourth-order valence-electron chi connectivity index (χ4n) is 5.18. The van der Waals surface area contributed by atoms with Crippen LogP contribution in [-0.4, -0.2) is 78.6 Å². The van der Waals surface area contributed by atoms with Gasteiger partial charge in [-0.25, -0.2) is 0 Å². The Morgan fingerprint density at radius 2 is 1.33 bits per heavy atom. The van der Waals surface area contributed by atoms with E-state index in [1.54, 1.807) is 12.2 Å². The zero-order valence-electron chi connectivity index (χ0n) is 28.0. The predicted octanol–water partition coefficient (Wildman–Crippen LogP) is 8.50. The minimum atomic E-state index is -0.611. The maximum atomic E-state index is 10.7. The molecule has 9 heteroatoms. The minimum Gasteiger partial charge on any atom is -0.392 e. The first-order valence-corrected chi connectivity index (χ1v) is 18.2. The number of unbranched alkanes of at least 4 members (excludes halogenated alkanes) is 3. The number of aliphatic hydroxyl groups is 2. The van der Waals surface area contributed by atoms with Crippen LogP contribution in [0.5, 0.6) is 0 Å². The average Bonchev–Trinajstić information content (AvgIpc) is 3.77. The van der Waals surface area contributed by atoms with Crippen molar-refractivity contribution in [2.45, 2.75) is 103 Å². The van der Waals surface area contributed by atoms with Crippen molar-refractivity contribution in [2.24, 2.45) is 29.6 Å². The van der Waals surface area contributed by atoms with Crippen LogP contribution in [0.25, 0.3) is 0 Å². The quantitative estimate of drug-likeness (QED) is 0.0512. The Labute approximate surface area is 289 Å². The lowest BCUT2D eigenvalue weighted by Gasteiger charge is -2.29. The van der Waals surface area contributed by atoms with Crippen molar-refractivity contribution in [1.82, 2.24) is 0 Å². The van der Waals surface area contributed by atoms with Crippen molar-refractivity contribution >= 4 is 41.1 Å². The van der Waals surface area contributed by atoms with Crippen LogP contribution in [-0.2, 0) is 19.0 Å². The molecular weight excluding hydrogens is 635 g/mol. The molecule has 2 aliphatic heterocycles. The Bertz CT molecular complexity index is 804. The summed E-state index contributed by atoms with van der Waals surface area (Å²) >= 11 is 16.8. The molecule has 0 aliphatic carbocycles. The van der Waals surface area contributed by atoms with E-state index >= 15 is 0 Å². The lowest BCUT2D eigenvalue weighted by molar-refractivity contribution is -0.125. The largest absolute Gasteiger partial charge is 0.392 e. The normalized spacial score (nSPS) is 21.0. The third-order valence-corrected chi connectivity index (χ3v) is 9.20. The van der Waals surface area contributed by atoms with Crippen LogP contribution in [0.2, 0.25) is 0 Å². The highest BCUT2D eigenvalue weighted by Gasteiger charge is 2.34. The van der Waals surface area contributed by atoms with Crippen molar-refractivity contribution in [3.63, 3.8) is 0 Å². The number of carbonyl (C=O) groups excluding carboxylic acids is 1. The van der Waals surface area contributed by atoms with E-state index < -0.39 is 12.2 Å². The van der Waals surface area contributed by atoms with E-state index in [2.05, 4.69) is 32.7 Å². The summed E-state index contributed by atoms with van der Waals surface area (Å²) in [6.45, 7) is 19.1. The molecule has 262 valence electrons. The van der Waals surface area contributed by atoms with Gasteiger partial charge in [-0.1, -0.05) is 57.9 Å². The topological polar surface area (TPSA) is 85.2 Å². The van der Waals surface area contributed by atoms with Gasteiger partial charge in [0.25, 0.3) is 0 Å². The van der Waals surface area contributed by atoms with Gasteiger partial charge in [0.1, 0.15) is 6.29 Å². The monoisotopic (exact) mass is 694 g/mol. The maximum absolute atomic E-state index is 10.7. The molecule has 6 nitrogen and oxygen atoms in total. The molecule has 0 aromatic rings. The highest BCUT2D eigenvalue weighted by molar-refractivity contribution is 6.18. The molecular formula is C36H61Cl3O6. The number of halogens is 3. The molecule has 2 aliphatic rings. The Hall–Kier alpha value is -0.700. The highest BCUT2D eigenvalue weighted by Crippen LogP contribution is 2.28. The smallest absolute Gasteiger partial charge is 0.163 e. The van der Waals surface area contributed by atoms with E-state index in [1.807, 2.05) is 19.9 Å². The molecule has 0 radical (unpaired) electrons. The second kappa shape index (κ2) is 28.3. The molecule has 0 spiro atoms. The highest BCUT2D eigenvalue weighted by atomic mass is 35.5. The van der Waals surface area contributed by atoms with Crippen LogP contribution in [0.3, 0.4) is 0 Å². The summed E-state index contributed by atoms with van der Waals surface area (Å²) in [5, 5.41) is 20.0. The standard InChI is InChI=1S/C13H23ClO3.C12H19ClO.C11H19ClO2/c1-3-10(2)12(15)11(6-4-5-7-14)13-16-8-9-17-13;1-3-10(2)12-11(7-9-14-12)6-4-5-8-13;1-3-9(2)11(14)10(8-13)6-4-5-7-12/h3,10-13,15H,1,4-9H2,2H3;3,7,10,12H,1,4-6,8-9H2,2H3;3,8-11,14H,1,4-7H2,2H3/t10-,11+,12+;10-,12?;9-,10-,11+/m000/s1. The van der Waals surface area contributed by atoms with Crippen molar-refractivity contribution in [1.29, 1.82) is 0 Å². The third kappa shape index (κ3) is 18.4. The second-order valence-corrected chi connectivity index (χ2v) is 13.0. The Balaban J connectivity index is 0.000000650. The van der Waals surface area contributed by atoms with Gasteiger partial charge in [-0.15, -0.1) is 54.5 Å². The molecule has 0 amide bonds. The summed E-state index contributed by atoms with van der Waals surface area (Å²) in [4.78, 5) is 10.7. The van der Waals surface area contributed by atoms with E-state index in [-0.39, 0.29) is 36.1 Å². The number of carbonyl (C=O) groups is 1. The number of ether oxygens (including phenoxy) is 3. The van der Waals surface area contributed by atoms with Crippen LogP contribution in [0.15, 0.2) is 49.6 Å². The fourth-order valence-corrected chi connectivity index (χ4v) is 5.75. The number of aliphatic hydroxyl groups excluding tert-OH is 2. The third-order valence-electron chi connectivity index (χ3n) is 8.40. The van der Waals surface area contributed by atoms with Crippen molar-refractivity contribution < 1.29 is 29.2 Å². The molecule has 2 heterocycles. The second-order valence-electron chi connectivity index (χ2n) is 11.9. The SMILES string of the molecule is C=C[C@H](C)C1OCC=C1CCCCCl.C=C[C@H](C)[C@@H](O)[C@@H](CCCCCl)C1OCCO1.C=C[C@H](C)[C@@H](O)[C@H](C=O)CCCCCl. The lowest BCUT2D eigenvalue weighted by Crippen LogP contribution is -2.36. The molecule has 8 atom stereocenters. The van der Waals surface area contributed by atoms with Crippen LogP contribution >= 0.6 is 34.8 Å². The van der Waals surface area contributed by atoms with E-state index in [0.29, 0.717) is 37.3 Å². The summed E-state index contributed by atoms with van der Waals surface area (Å²) in [6, 6.07) is 0. The number of alkyl halides is 3. The molecule has 1 fully saturated rings. The average molecular weight is 696 g/mol. The summed E-state index contributed by atoms with van der Waals surface area (Å²) in [6.07, 6.45) is 16.0. The fraction of sp³-hybridized carbons (Fsp3) is 0.750. The van der Waals surface area contributed by atoms with E-state index in [0.717, 1.165) is 63.7 Å². The van der Waals surface area contributed by atoms with Crippen LogP contribution in [0.1, 0.15) is 78.6 Å². The summed E-state index contributed by atoms with van der Waals surface area (Å²) in [7, 11) is 0. The number of rotatable bonds is 22.